The van der Waals surface area contributed by atoms with Crippen molar-refractivity contribution in [2.75, 3.05) is 45.3 Å². The summed E-state index contributed by atoms with van der Waals surface area (Å²) in [5.74, 6) is 0.851. The van der Waals surface area contributed by atoms with E-state index in [-0.39, 0.29) is 17.3 Å². The van der Waals surface area contributed by atoms with E-state index in [0.717, 1.165) is 45.0 Å². The van der Waals surface area contributed by atoms with Gasteiger partial charge in [-0.3, -0.25) is 4.90 Å². The number of halogens is 3. The third kappa shape index (κ3) is 3.83. The summed E-state index contributed by atoms with van der Waals surface area (Å²) in [6.07, 6.45) is 2.83. The molecular formula is C23H28F3N5O3. The van der Waals surface area contributed by atoms with Crippen molar-refractivity contribution in [1.82, 2.24) is 19.4 Å². The van der Waals surface area contributed by atoms with Crippen LogP contribution in [0, 0.1) is 5.92 Å². The summed E-state index contributed by atoms with van der Waals surface area (Å²) >= 11 is 0. The van der Waals surface area contributed by atoms with Crippen LogP contribution in [-0.4, -0.2) is 70.9 Å². The second kappa shape index (κ2) is 8.10. The first-order chi connectivity index (χ1) is 16.3. The van der Waals surface area contributed by atoms with E-state index in [2.05, 4.69) is 19.2 Å². The van der Waals surface area contributed by atoms with E-state index >= 15 is 0 Å². The maximum absolute atomic E-state index is 12.8. The van der Waals surface area contributed by atoms with Crippen molar-refractivity contribution in [2.45, 2.75) is 49.5 Å². The van der Waals surface area contributed by atoms with Crippen molar-refractivity contribution in [3.63, 3.8) is 0 Å². The maximum Gasteiger partial charge on any atom is 0.573 e. The lowest BCUT2D eigenvalue weighted by Crippen LogP contribution is -2.56. The number of nitrogen functional groups attached to an aromatic ring is 1. The van der Waals surface area contributed by atoms with Gasteiger partial charge in [-0.2, -0.15) is 0 Å². The number of imidazole rings is 1. The third-order valence-corrected chi connectivity index (χ3v) is 7.92. The van der Waals surface area contributed by atoms with Gasteiger partial charge in [0.15, 0.2) is 11.6 Å². The third-order valence-electron chi connectivity index (χ3n) is 7.92. The normalized spacial score (nSPS) is 31.6. The Labute approximate surface area is 195 Å². The number of aromatic nitrogens is 3. The highest BCUT2D eigenvalue weighted by Gasteiger charge is 2.59. The fraction of sp³-hybridized carbons (Fsp3) is 0.652. The van der Waals surface area contributed by atoms with Crippen LogP contribution < -0.4 is 10.5 Å². The molecule has 2 atom stereocenters. The van der Waals surface area contributed by atoms with Crippen LogP contribution in [0.25, 0.3) is 11.3 Å². The van der Waals surface area contributed by atoms with Crippen molar-refractivity contribution in [3.05, 3.63) is 24.3 Å². The van der Waals surface area contributed by atoms with Crippen molar-refractivity contribution in [1.29, 1.82) is 0 Å². The van der Waals surface area contributed by atoms with E-state index < -0.39 is 12.1 Å². The van der Waals surface area contributed by atoms with E-state index in [0.29, 0.717) is 36.4 Å². The number of nitrogens with zero attached hydrogens (tertiary/aromatic N) is 4. The first-order valence-corrected chi connectivity index (χ1v) is 11.8. The Balaban J connectivity index is 1.32. The van der Waals surface area contributed by atoms with Gasteiger partial charge in [-0.05, 0) is 37.7 Å². The summed E-state index contributed by atoms with van der Waals surface area (Å²) in [7, 11) is 0. The quantitative estimate of drug-likeness (QED) is 0.704. The lowest BCUT2D eigenvalue weighted by molar-refractivity contribution is -0.274. The molecule has 2 aliphatic heterocycles. The second-order valence-electron chi connectivity index (χ2n) is 9.87. The minimum Gasteiger partial charge on any atom is -0.402 e. The molecule has 5 aliphatic rings. The fourth-order valence-electron chi connectivity index (χ4n) is 6.32. The zero-order chi connectivity index (χ0) is 23.5. The molecule has 2 aromatic heterocycles. The molecule has 1 unspecified atom stereocenters. The van der Waals surface area contributed by atoms with Crippen LogP contribution in [0.3, 0.4) is 0 Å². The lowest BCUT2D eigenvalue weighted by Gasteiger charge is -2.49. The first-order valence-electron chi connectivity index (χ1n) is 11.8. The number of hydrogen-bond acceptors (Lipinski definition) is 7. The number of nitrogens with two attached hydrogens (primary N) is 1. The van der Waals surface area contributed by atoms with E-state index in [9.17, 15) is 13.2 Å². The van der Waals surface area contributed by atoms with Gasteiger partial charge in [0, 0.05) is 55.2 Å². The molecule has 2 aromatic rings. The SMILES string of the molecule is Nc1ncc(-c2cn([C@H]3CC4(N5CCOCC5)CC3C4)c(C3CCOC3)n2)cc1OC(F)(F)F. The van der Waals surface area contributed by atoms with Crippen LogP contribution >= 0.6 is 0 Å². The molecule has 3 saturated carbocycles. The van der Waals surface area contributed by atoms with Gasteiger partial charge >= 0.3 is 6.36 Å². The van der Waals surface area contributed by atoms with E-state index in [1.54, 1.807) is 0 Å². The highest BCUT2D eigenvalue weighted by Crippen LogP contribution is 2.61. The van der Waals surface area contributed by atoms with Gasteiger partial charge in [0.2, 0.25) is 0 Å². The molecule has 0 radical (unpaired) electrons. The summed E-state index contributed by atoms with van der Waals surface area (Å²) < 4.78 is 56.0. The molecule has 11 heteroatoms. The topological polar surface area (TPSA) is 87.7 Å². The molecule has 2 saturated heterocycles. The average Bonchev–Trinajstić information content (AvgIpc) is 3.56. The second-order valence-corrected chi connectivity index (χ2v) is 9.87. The molecular weight excluding hydrogens is 451 g/mol. The molecule has 184 valence electrons. The Morgan fingerprint density at radius 2 is 1.91 bits per heavy atom. The zero-order valence-electron chi connectivity index (χ0n) is 18.8. The maximum atomic E-state index is 12.8. The molecule has 2 bridgehead atoms. The van der Waals surface area contributed by atoms with Gasteiger partial charge in [-0.1, -0.05) is 0 Å². The predicted octanol–water partition coefficient (Wildman–Crippen LogP) is 3.36. The molecule has 3 aliphatic carbocycles. The average molecular weight is 480 g/mol. The van der Waals surface area contributed by atoms with E-state index in [4.69, 9.17) is 20.2 Å². The van der Waals surface area contributed by atoms with Gasteiger partial charge < -0.3 is 24.5 Å². The summed E-state index contributed by atoms with van der Waals surface area (Å²) in [4.78, 5) is 11.4. The Hall–Kier alpha value is -2.37. The monoisotopic (exact) mass is 479 g/mol. The van der Waals surface area contributed by atoms with Gasteiger partial charge in [-0.25, -0.2) is 9.97 Å². The predicted molar refractivity (Wildman–Crippen MR) is 116 cm³/mol. The Morgan fingerprint density at radius 1 is 1.12 bits per heavy atom. The van der Waals surface area contributed by atoms with Crippen molar-refractivity contribution in [2.24, 2.45) is 5.92 Å². The van der Waals surface area contributed by atoms with Crippen LogP contribution in [0.4, 0.5) is 19.0 Å². The number of pyridine rings is 1. The van der Waals surface area contributed by atoms with Gasteiger partial charge in [-0.15, -0.1) is 13.2 Å². The van der Waals surface area contributed by atoms with Gasteiger partial charge in [0.05, 0.1) is 25.5 Å². The summed E-state index contributed by atoms with van der Waals surface area (Å²) in [6.45, 7) is 4.79. The number of morpholine rings is 1. The lowest BCUT2D eigenvalue weighted by atomic mass is 9.75. The molecule has 0 aromatic carbocycles. The molecule has 5 fully saturated rings. The van der Waals surface area contributed by atoms with E-state index in [1.807, 2.05) is 6.20 Å². The van der Waals surface area contributed by atoms with Crippen LogP contribution in [0.5, 0.6) is 5.75 Å². The van der Waals surface area contributed by atoms with Crippen LogP contribution in [0.1, 0.15) is 43.5 Å². The van der Waals surface area contributed by atoms with Crippen LogP contribution in [-0.2, 0) is 9.47 Å². The molecule has 7 rings (SSSR count). The highest BCUT2D eigenvalue weighted by molar-refractivity contribution is 5.64. The van der Waals surface area contributed by atoms with Crippen molar-refractivity contribution in [3.8, 4) is 17.0 Å². The van der Waals surface area contributed by atoms with Crippen molar-refractivity contribution < 1.29 is 27.4 Å². The van der Waals surface area contributed by atoms with Gasteiger partial charge in [0.25, 0.3) is 0 Å². The largest absolute Gasteiger partial charge is 0.573 e. The number of hydrogen-bond donors (Lipinski definition) is 1. The minimum absolute atomic E-state index is 0.165. The number of anilines is 1. The number of fused-ring (bicyclic) bond motifs is 1. The summed E-state index contributed by atoms with van der Waals surface area (Å²) in [5.41, 5.74) is 6.87. The Kier molecular flexibility index (Phi) is 5.27. The molecule has 2 N–H and O–H groups in total. The number of rotatable bonds is 5. The van der Waals surface area contributed by atoms with E-state index in [1.165, 1.54) is 25.1 Å². The first kappa shape index (κ1) is 22.1. The molecule has 0 spiro atoms. The van der Waals surface area contributed by atoms with Gasteiger partial charge in [0.1, 0.15) is 5.82 Å². The molecule has 8 nitrogen and oxygen atoms in total. The zero-order valence-corrected chi connectivity index (χ0v) is 18.8. The highest BCUT2D eigenvalue weighted by atomic mass is 19.4. The Bertz CT molecular complexity index is 1060. The molecule has 0 amide bonds. The van der Waals surface area contributed by atoms with Crippen LogP contribution in [0.15, 0.2) is 18.5 Å². The minimum atomic E-state index is -4.85. The fourth-order valence-corrected chi connectivity index (χ4v) is 6.32. The van der Waals surface area contributed by atoms with Crippen LogP contribution in [0.2, 0.25) is 0 Å². The molecule has 4 heterocycles. The van der Waals surface area contributed by atoms with Crippen molar-refractivity contribution >= 4 is 5.82 Å². The standard InChI is InChI=1S/C23H28F3N5O3/c24-23(25,26)34-19-7-15(11-28-20(19)27)17-12-31(21(29-17)14-1-4-33-13-14)18-10-22(8-16(18)9-22)30-2-5-32-6-3-30/h7,11-12,14,16,18H,1-6,8-10,13H2,(H2,27,28)/t14?,16?,18-,22?/m0/s1. The summed E-state index contributed by atoms with van der Waals surface area (Å²) in [5, 5.41) is 0. The summed E-state index contributed by atoms with van der Waals surface area (Å²) in [6, 6.07) is 1.58. The Morgan fingerprint density at radius 3 is 2.62 bits per heavy atom. The molecule has 34 heavy (non-hydrogen) atoms. The smallest absolute Gasteiger partial charge is 0.402 e. The number of alkyl halides is 3. The number of ether oxygens (including phenoxy) is 3.